The van der Waals surface area contributed by atoms with Crippen molar-refractivity contribution in [1.82, 2.24) is 9.13 Å². The normalized spacial score (nSPS) is 12.4. The van der Waals surface area contributed by atoms with Crippen molar-refractivity contribution in [3.63, 3.8) is 0 Å². The van der Waals surface area contributed by atoms with Crippen LogP contribution in [0.4, 0.5) is 0 Å². The first-order valence-corrected chi connectivity index (χ1v) is 23.6. The maximum atomic E-state index is 2.54. The largest absolute Gasteiger partial charge is 0.309 e. The summed E-state index contributed by atoms with van der Waals surface area (Å²) in [7, 11) is 0. The van der Waals surface area contributed by atoms with Gasteiger partial charge in [-0.3, -0.25) is 0 Å². The van der Waals surface area contributed by atoms with E-state index in [2.05, 4.69) is 215 Å². The van der Waals surface area contributed by atoms with E-state index in [0.717, 1.165) is 11.4 Å². The van der Waals surface area contributed by atoms with Crippen LogP contribution in [0, 0.1) is 0 Å². The summed E-state index contributed by atoms with van der Waals surface area (Å²) in [4.78, 5) is 0. The first-order chi connectivity index (χ1) is 31.8. The van der Waals surface area contributed by atoms with Crippen LogP contribution < -0.4 is 0 Å². The molecule has 296 valence electrons. The monoisotopic (exact) mass is 846 g/mol. The average molecular weight is 847 g/mol. The topological polar surface area (TPSA) is 9.86 Å². The predicted molar refractivity (Wildman–Crippen MR) is 276 cm³/mol. The predicted octanol–water partition coefficient (Wildman–Crippen LogP) is 17.6. The molecule has 1 aliphatic rings. The number of hydrogen-bond donors (Lipinski definition) is 0. The van der Waals surface area contributed by atoms with Gasteiger partial charge < -0.3 is 9.13 Å². The molecule has 0 aliphatic heterocycles. The van der Waals surface area contributed by atoms with Crippen LogP contribution in [-0.4, -0.2) is 9.13 Å². The second-order valence-corrected chi connectivity index (χ2v) is 19.3. The van der Waals surface area contributed by atoms with Crippen molar-refractivity contribution in [1.29, 1.82) is 0 Å². The summed E-state index contributed by atoms with van der Waals surface area (Å²) in [6, 6.07) is 77.4. The van der Waals surface area contributed by atoms with Gasteiger partial charge in [0.25, 0.3) is 0 Å². The standard InChI is InChI=1S/C60H34N2S2/c1-3-15-35(16-4-1)61-49-23-11-7-21-41(49)59-51(61)29-27-39-40-28-30-52-60(42-22-8-12-24-50(42)62(52)36-17-5-2-6-18-36)58(40)48-32-46-38-20-10-14-26-54(38)64-56(46)34-44(48)43-33-55-45(31-47(43)57(39)59)37-19-9-13-25-53(37)63-55/h1-34H. The van der Waals surface area contributed by atoms with Crippen LogP contribution in [0.5, 0.6) is 0 Å². The quantitative estimate of drug-likeness (QED) is 0.164. The first kappa shape index (κ1) is 34.8. The van der Waals surface area contributed by atoms with Crippen LogP contribution in [0.25, 0.3) is 140 Å². The van der Waals surface area contributed by atoms with Gasteiger partial charge in [0.2, 0.25) is 0 Å². The molecule has 0 radical (unpaired) electrons. The molecule has 0 fully saturated rings. The van der Waals surface area contributed by atoms with E-state index in [1.165, 1.54) is 128 Å². The Morgan fingerprint density at radius 3 is 1.09 bits per heavy atom. The van der Waals surface area contributed by atoms with E-state index in [-0.39, 0.29) is 0 Å². The second kappa shape index (κ2) is 12.9. The number of para-hydroxylation sites is 4. The summed E-state index contributed by atoms with van der Waals surface area (Å²) in [5.74, 6) is 0. The van der Waals surface area contributed by atoms with Crippen LogP contribution in [0.1, 0.15) is 0 Å². The molecule has 15 rings (SSSR count). The van der Waals surface area contributed by atoms with Gasteiger partial charge >= 0.3 is 0 Å². The Labute approximate surface area is 375 Å². The number of benzene rings is 10. The molecular weight excluding hydrogens is 813 g/mol. The van der Waals surface area contributed by atoms with E-state index >= 15 is 0 Å². The Balaban J connectivity index is 1.21. The molecule has 10 aromatic carbocycles. The highest BCUT2D eigenvalue weighted by atomic mass is 32.1. The molecule has 0 amide bonds. The lowest BCUT2D eigenvalue weighted by atomic mass is 9.77. The average Bonchev–Trinajstić information content (AvgIpc) is 4.10. The maximum absolute atomic E-state index is 2.54. The number of nitrogens with zero attached hydrogens (tertiary/aromatic N) is 2. The summed E-state index contributed by atoms with van der Waals surface area (Å²) >= 11 is 3.81. The Morgan fingerprint density at radius 2 is 0.641 bits per heavy atom. The minimum atomic E-state index is 1.16. The fourth-order valence-electron chi connectivity index (χ4n) is 11.2. The molecule has 0 atom stereocenters. The zero-order valence-corrected chi connectivity index (χ0v) is 36.0. The molecule has 0 saturated carbocycles. The van der Waals surface area contributed by atoms with Crippen LogP contribution in [0.2, 0.25) is 0 Å². The van der Waals surface area contributed by atoms with Crippen molar-refractivity contribution < 1.29 is 0 Å². The lowest BCUT2D eigenvalue weighted by Gasteiger charge is -2.25. The molecule has 1 aliphatic carbocycles. The molecule has 0 N–H and O–H groups in total. The SMILES string of the molecule is c1ccc(-n2c3ccccc3c3c4c(ccc32)-c2ccc3c(c2-c2cc5c(cc2-c2cc6sc7ccccc7c6cc2-4)sc2ccccc25)c2ccccc2n3-c2ccccc2)cc1. The van der Waals surface area contributed by atoms with Gasteiger partial charge in [0.1, 0.15) is 0 Å². The smallest absolute Gasteiger partial charge is 0.0547 e. The minimum absolute atomic E-state index is 1.16. The van der Waals surface area contributed by atoms with Gasteiger partial charge in [0.05, 0.1) is 22.1 Å². The van der Waals surface area contributed by atoms with E-state index in [4.69, 9.17) is 0 Å². The van der Waals surface area contributed by atoms with Crippen LogP contribution >= 0.6 is 22.7 Å². The fourth-order valence-corrected chi connectivity index (χ4v) is 13.5. The molecule has 0 saturated heterocycles. The van der Waals surface area contributed by atoms with Gasteiger partial charge in [-0.05, 0) is 118 Å². The van der Waals surface area contributed by atoms with Gasteiger partial charge in [0.15, 0.2) is 0 Å². The number of rotatable bonds is 2. The highest BCUT2D eigenvalue weighted by molar-refractivity contribution is 7.26. The van der Waals surface area contributed by atoms with Gasteiger partial charge in [-0.25, -0.2) is 0 Å². The van der Waals surface area contributed by atoms with E-state index in [1.54, 1.807) is 0 Å². The molecule has 0 spiro atoms. The van der Waals surface area contributed by atoms with Gasteiger partial charge in [-0.15, -0.1) is 22.7 Å². The van der Waals surface area contributed by atoms with Crippen molar-refractivity contribution in [2.75, 3.05) is 0 Å². The highest BCUT2D eigenvalue weighted by Crippen LogP contribution is 2.57. The summed E-state index contributed by atoms with van der Waals surface area (Å²) in [5.41, 5.74) is 17.3. The molecule has 14 aromatic rings. The fraction of sp³-hybridized carbons (Fsp3) is 0. The summed E-state index contributed by atoms with van der Waals surface area (Å²) in [5, 5.41) is 10.3. The van der Waals surface area contributed by atoms with E-state index < -0.39 is 0 Å². The third kappa shape index (κ3) is 4.63. The van der Waals surface area contributed by atoms with Crippen molar-refractivity contribution in [3.05, 3.63) is 206 Å². The Morgan fingerprint density at radius 1 is 0.250 bits per heavy atom. The molecule has 0 bridgehead atoms. The van der Waals surface area contributed by atoms with Crippen molar-refractivity contribution in [3.8, 4) is 55.9 Å². The molecule has 4 heteroatoms. The zero-order chi connectivity index (χ0) is 41.6. The Kier molecular flexibility index (Phi) is 7.01. The minimum Gasteiger partial charge on any atom is -0.309 e. The first-order valence-electron chi connectivity index (χ1n) is 21.9. The second-order valence-electron chi connectivity index (χ2n) is 17.1. The zero-order valence-electron chi connectivity index (χ0n) is 34.3. The van der Waals surface area contributed by atoms with Crippen LogP contribution in [0.15, 0.2) is 206 Å². The number of thiophene rings is 2. The number of hydrogen-bond acceptors (Lipinski definition) is 2. The van der Waals surface area contributed by atoms with E-state index in [9.17, 15) is 0 Å². The highest BCUT2D eigenvalue weighted by Gasteiger charge is 2.31. The number of aromatic nitrogens is 2. The molecule has 4 heterocycles. The van der Waals surface area contributed by atoms with Gasteiger partial charge in [0, 0.05) is 84.4 Å². The van der Waals surface area contributed by atoms with Gasteiger partial charge in [-0.2, -0.15) is 0 Å². The summed E-state index contributed by atoms with van der Waals surface area (Å²) < 4.78 is 10.2. The molecule has 4 aromatic heterocycles. The van der Waals surface area contributed by atoms with E-state index in [0.29, 0.717) is 0 Å². The number of fused-ring (bicyclic) bond motifs is 22. The summed E-state index contributed by atoms with van der Waals surface area (Å²) in [6.45, 7) is 0. The summed E-state index contributed by atoms with van der Waals surface area (Å²) in [6.07, 6.45) is 0. The third-order valence-electron chi connectivity index (χ3n) is 13.9. The molecule has 64 heavy (non-hydrogen) atoms. The van der Waals surface area contributed by atoms with Crippen molar-refractivity contribution in [2.45, 2.75) is 0 Å². The molecule has 2 nitrogen and oxygen atoms in total. The van der Waals surface area contributed by atoms with Gasteiger partial charge in [-0.1, -0.05) is 121 Å². The van der Waals surface area contributed by atoms with E-state index in [1.807, 2.05) is 22.7 Å². The lowest BCUT2D eigenvalue weighted by Crippen LogP contribution is -2.00. The molecule has 0 unspecified atom stereocenters. The lowest BCUT2D eigenvalue weighted by molar-refractivity contribution is 1.18. The van der Waals surface area contributed by atoms with Crippen molar-refractivity contribution in [2.24, 2.45) is 0 Å². The van der Waals surface area contributed by atoms with Crippen LogP contribution in [-0.2, 0) is 0 Å². The Hall–Kier alpha value is -7.76. The maximum Gasteiger partial charge on any atom is 0.0547 e. The third-order valence-corrected chi connectivity index (χ3v) is 16.1. The molecular formula is C60H34N2S2. The Bertz CT molecular complexity index is 4020. The van der Waals surface area contributed by atoms with Crippen LogP contribution in [0.3, 0.4) is 0 Å². The van der Waals surface area contributed by atoms with Crippen molar-refractivity contribution >= 4 is 107 Å².